The number of halogens is 1. The van der Waals surface area contributed by atoms with Crippen LogP contribution in [0.15, 0.2) is 16.9 Å². The lowest BCUT2D eigenvalue weighted by molar-refractivity contribution is 0.150. The second kappa shape index (κ2) is 5.80. The Balaban J connectivity index is 2.65. The molecule has 0 spiro atoms. The maximum Gasteiger partial charge on any atom is 0.0632 e. The first-order valence-electron chi connectivity index (χ1n) is 5.56. The number of aliphatic hydroxyl groups excluding tert-OH is 1. The van der Waals surface area contributed by atoms with E-state index in [1.807, 2.05) is 24.7 Å². The molecule has 1 aromatic rings. The van der Waals surface area contributed by atoms with E-state index in [9.17, 15) is 5.11 Å². The number of hydrogen-bond donors (Lipinski definition) is 2. The lowest BCUT2D eigenvalue weighted by atomic mass is 9.94. The fourth-order valence-electron chi connectivity index (χ4n) is 1.92. The van der Waals surface area contributed by atoms with Gasteiger partial charge >= 0.3 is 0 Å². The summed E-state index contributed by atoms with van der Waals surface area (Å²) in [6.07, 6.45) is 4.57. The quantitative estimate of drug-likeness (QED) is 0.842. The summed E-state index contributed by atoms with van der Waals surface area (Å²) < 4.78 is 2.89. The topological polar surface area (TPSA) is 50.1 Å². The van der Waals surface area contributed by atoms with Gasteiger partial charge in [0.2, 0.25) is 0 Å². The molecule has 4 nitrogen and oxygen atoms in total. The molecule has 16 heavy (non-hydrogen) atoms. The highest BCUT2D eigenvalue weighted by Gasteiger charge is 2.25. The highest BCUT2D eigenvalue weighted by Crippen LogP contribution is 2.21. The minimum absolute atomic E-state index is 0.133. The number of aromatic nitrogens is 2. The Morgan fingerprint density at radius 1 is 1.69 bits per heavy atom. The third-order valence-electron chi connectivity index (χ3n) is 2.72. The molecule has 5 heteroatoms. The van der Waals surface area contributed by atoms with Gasteiger partial charge in [0.25, 0.3) is 0 Å². The van der Waals surface area contributed by atoms with Gasteiger partial charge in [-0.15, -0.1) is 0 Å². The molecule has 0 amide bonds. The Morgan fingerprint density at radius 2 is 2.38 bits per heavy atom. The molecule has 2 N–H and O–H groups in total. The Hall–Kier alpha value is -0.390. The highest BCUT2D eigenvalue weighted by molar-refractivity contribution is 9.10. The summed E-state index contributed by atoms with van der Waals surface area (Å²) >= 11 is 3.38. The average Bonchev–Trinajstić information content (AvgIpc) is 2.65. The van der Waals surface area contributed by atoms with Gasteiger partial charge in [-0.25, -0.2) is 0 Å². The van der Waals surface area contributed by atoms with Gasteiger partial charge in [0.05, 0.1) is 23.3 Å². The second-order valence-electron chi connectivity index (χ2n) is 4.44. The fraction of sp³-hybridized carbons (Fsp3) is 0.727. The van der Waals surface area contributed by atoms with E-state index < -0.39 is 0 Å². The first kappa shape index (κ1) is 13.7. The van der Waals surface area contributed by atoms with Crippen molar-refractivity contribution in [3.63, 3.8) is 0 Å². The summed E-state index contributed by atoms with van der Waals surface area (Å²) in [5.41, 5.74) is -0.243. The Bertz CT molecular complexity index is 329. The van der Waals surface area contributed by atoms with Crippen molar-refractivity contribution in [2.24, 2.45) is 0 Å². The van der Waals surface area contributed by atoms with Gasteiger partial charge in [0.1, 0.15) is 0 Å². The monoisotopic (exact) mass is 289 g/mol. The van der Waals surface area contributed by atoms with Crippen LogP contribution in [0.25, 0.3) is 0 Å². The molecule has 1 aromatic heterocycles. The average molecular weight is 290 g/mol. The molecule has 0 aliphatic carbocycles. The second-order valence-corrected chi connectivity index (χ2v) is 5.36. The predicted molar refractivity (Wildman–Crippen MR) is 68.4 cm³/mol. The molecule has 1 rings (SSSR count). The summed E-state index contributed by atoms with van der Waals surface area (Å²) in [6, 6.07) is 0.252. The summed E-state index contributed by atoms with van der Waals surface area (Å²) in [5.74, 6) is 0. The third-order valence-corrected chi connectivity index (χ3v) is 3.13. The molecule has 2 unspecified atom stereocenters. The third kappa shape index (κ3) is 3.57. The summed E-state index contributed by atoms with van der Waals surface area (Å²) in [7, 11) is 0. The van der Waals surface area contributed by atoms with Crippen molar-refractivity contribution in [2.45, 2.75) is 38.8 Å². The van der Waals surface area contributed by atoms with Crippen LogP contribution < -0.4 is 5.32 Å². The van der Waals surface area contributed by atoms with E-state index in [0.717, 1.165) is 17.4 Å². The van der Waals surface area contributed by atoms with E-state index >= 15 is 0 Å². The predicted octanol–water partition coefficient (Wildman–Crippen LogP) is 1.96. The van der Waals surface area contributed by atoms with Gasteiger partial charge in [0, 0.05) is 11.7 Å². The van der Waals surface area contributed by atoms with Crippen LogP contribution in [0.2, 0.25) is 0 Å². The summed E-state index contributed by atoms with van der Waals surface area (Å²) in [4.78, 5) is 0. The maximum absolute atomic E-state index is 9.42. The molecule has 0 saturated carbocycles. The van der Waals surface area contributed by atoms with Crippen molar-refractivity contribution >= 4 is 15.9 Å². The van der Waals surface area contributed by atoms with Crippen molar-refractivity contribution in [3.8, 4) is 0 Å². The highest BCUT2D eigenvalue weighted by atomic mass is 79.9. The molecule has 0 saturated heterocycles. The Kier molecular flexibility index (Phi) is 4.95. The van der Waals surface area contributed by atoms with Crippen molar-refractivity contribution in [3.05, 3.63) is 16.9 Å². The summed E-state index contributed by atoms with van der Waals surface area (Å²) in [6.45, 7) is 7.17. The van der Waals surface area contributed by atoms with Gasteiger partial charge in [-0.2, -0.15) is 5.10 Å². The van der Waals surface area contributed by atoms with Crippen LogP contribution >= 0.6 is 15.9 Å². The molecule has 0 fully saturated rings. The first-order valence-corrected chi connectivity index (χ1v) is 6.35. The minimum Gasteiger partial charge on any atom is -0.394 e. The van der Waals surface area contributed by atoms with Crippen LogP contribution in [0.1, 0.15) is 33.2 Å². The van der Waals surface area contributed by atoms with E-state index in [1.165, 1.54) is 0 Å². The Morgan fingerprint density at radius 3 is 2.81 bits per heavy atom. The Labute approximate surface area is 105 Å². The van der Waals surface area contributed by atoms with Gasteiger partial charge < -0.3 is 10.4 Å². The van der Waals surface area contributed by atoms with Crippen molar-refractivity contribution in [1.29, 1.82) is 0 Å². The van der Waals surface area contributed by atoms with Crippen LogP contribution in [0.3, 0.4) is 0 Å². The number of nitrogens with zero attached hydrogens (tertiary/aromatic N) is 2. The molecule has 0 aromatic carbocycles. The van der Waals surface area contributed by atoms with Crippen LogP contribution in [0.5, 0.6) is 0 Å². The largest absolute Gasteiger partial charge is 0.394 e. The van der Waals surface area contributed by atoms with Crippen molar-refractivity contribution < 1.29 is 5.11 Å². The molecule has 2 atom stereocenters. The number of aliphatic hydroxyl groups is 1. The van der Waals surface area contributed by atoms with Gasteiger partial charge in [-0.1, -0.05) is 6.92 Å². The molecular formula is C11H20BrN3O. The minimum atomic E-state index is -0.243. The first-order chi connectivity index (χ1) is 7.50. The molecule has 0 bridgehead atoms. The summed E-state index contributed by atoms with van der Waals surface area (Å²) in [5, 5.41) is 17.0. The molecule has 1 heterocycles. The van der Waals surface area contributed by atoms with E-state index in [2.05, 4.69) is 33.3 Å². The zero-order valence-electron chi connectivity index (χ0n) is 10.1. The van der Waals surface area contributed by atoms with Crippen molar-refractivity contribution in [1.82, 2.24) is 15.1 Å². The number of nitrogens with one attached hydrogen (secondary N) is 1. The molecule has 0 aliphatic heterocycles. The number of hydrogen-bond acceptors (Lipinski definition) is 3. The van der Waals surface area contributed by atoms with Crippen LogP contribution in [-0.4, -0.2) is 33.6 Å². The molecule has 0 radical (unpaired) electrons. The number of rotatable bonds is 6. The molecular weight excluding hydrogens is 270 g/mol. The van der Waals surface area contributed by atoms with Crippen LogP contribution in [0, 0.1) is 0 Å². The van der Waals surface area contributed by atoms with Crippen LogP contribution in [-0.2, 0) is 0 Å². The molecule has 92 valence electrons. The van der Waals surface area contributed by atoms with E-state index in [-0.39, 0.29) is 18.2 Å². The van der Waals surface area contributed by atoms with Gasteiger partial charge in [-0.3, -0.25) is 4.68 Å². The van der Waals surface area contributed by atoms with E-state index in [0.29, 0.717) is 0 Å². The fourth-order valence-corrected chi connectivity index (χ4v) is 2.22. The lowest BCUT2D eigenvalue weighted by Crippen LogP contribution is -2.47. The van der Waals surface area contributed by atoms with Gasteiger partial charge in [0.15, 0.2) is 0 Å². The maximum atomic E-state index is 9.42. The smallest absolute Gasteiger partial charge is 0.0632 e. The lowest BCUT2D eigenvalue weighted by Gasteiger charge is -2.31. The van der Waals surface area contributed by atoms with Gasteiger partial charge in [-0.05, 0) is 42.7 Å². The normalized spacial score (nSPS) is 17.1. The zero-order valence-corrected chi connectivity index (χ0v) is 11.7. The van der Waals surface area contributed by atoms with Crippen LogP contribution in [0.4, 0.5) is 0 Å². The standard InChI is InChI=1S/C11H20BrN3O/c1-4-13-11(3,8-16)5-9(2)15-7-10(12)6-14-15/h6-7,9,13,16H,4-5,8H2,1-3H3. The number of likely N-dealkylation sites (N-methyl/N-ethyl adjacent to an activating group) is 1. The molecule has 0 aliphatic rings. The van der Waals surface area contributed by atoms with E-state index in [4.69, 9.17) is 0 Å². The zero-order chi connectivity index (χ0) is 12.2. The van der Waals surface area contributed by atoms with E-state index in [1.54, 1.807) is 6.20 Å². The SMILES string of the molecule is CCNC(C)(CO)CC(C)n1cc(Br)cn1. The van der Waals surface area contributed by atoms with Crippen molar-refractivity contribution in [2.75, 3.05) is 13.2 Å².